The van der Waals surface area contributed by atoms with Crippen molar-refractivity contribution in [3.05, 3.63) is 43.1 Å². The number of rotatable bonds is 8. The van der Waals surface area contributed by atoms with Crippen LogP contribution >= 0.6 is 0 Å². The van der Waals surface area contributed by atoms with Crippen LogP contribution < -0.4 is 0 Å². The number of esters is 2. The first-order chi connectivity index (χ1) is 38.2. The lowest BCUT2D eigenvalue weighted by atomic mass is 9.68. The highest BCUT2D eigenvalue weighted by Gasteiger charge is 3.01. The number of ether oxygens (including phenoxy) is 2. The Labute approximate surface area is 415 Å². The smallest absolute Gasteiger partial charge is 0.326 e. The van der Waals surface area contributed by atoms with Gasteiger partial charge in [0.2, 0.25) is 0 Å². The highest BCUT2D eigenvalue weighted by Crippen LogP contribution is 2.96. The summed E-state index contributed by atoms with van der Waals surface area (Å²) in [7, 11) is 0. The van der Waals surface area contributed by atoms with Crippen LogP contribution in [0.25, 0.3) is 312 Å². The summed E-state index contributed by atoms with van der Waals surface area (Å²) in [5, 5.41) is 83.9. The second-order valence-electron chi connectivity index (χ2n) is 26.2. The minimum Gasteiger partial charge on any atom is -0.465 e. The molecule has 0 unspecified atom stereocenters. The number of carbonyl (C=O) groups excluding carboxylic acids is 2. The quantitative estimate of drug-likeness (QED) is 0.0283. The van der Waals surface area contributed by atoms with E-state index in [1.807, 2.05) is 0 Å². The molecule has 0 aromatic heterocycles. The van der Waals surface area contributed by atoms with Gasteiger partial charge in [0.15, 0.2) is 5.41 Å². The first kappa shape index (κ1) is 30.4. The summed E-state index contributed by atoms with van der Waals surface area (Å²) in [6, 6.07) is 0. The van der Waals surface area contributed by atoms with Crippen LogP contribution in [-0.2, 0) is 29.9 Å². The molecule has 0 radical (unpaired) electrons. The fourth-order valence-electron chi connectivity index (χ4n) is 25.9. The number of benzene rings is 18. The van der Waals surface area contributed by atoms with Crippen molar-refractivity contribution in [3.8, 4) is 0 Å². The van der Waals surface area contributed by atoms with E-state index in [4.69, 9.17) is 9.47 Å². The van der Waals surface area contributed by atoms with Crippen LogP contribution in [0.5, 0.6) is 0 Å². The van der Waals surface area contributed by atoms with Gasteiger partial charge in [0.25, 0.3) is 0 Å². The van der Waals surface area contributed by atoms with Gasteiger partial charge >= 0.3 is 11.9 Å². The van der Waals surface area contributed by atoms with Gasteiger partial charge in [-0.2, -0.15) is 0 Å². The molecule has 28 aromatic carbocycles. The van der Waals surface area contributed by atoms with Gasteiger partial charge in [-0.3, -0.25) is 9.59 Å². The first-order valence-corrected chi connectivity index (χ1v) is 27.3. The van der Waals surface area contributed by atoms with Crippen molar-refractivity contribution in [2.75, 3.05) is 26.3 Å². The topological polar surface area (TPSA) is 150 Å². The van der Waals surface area contributed by atoms with Crippen molar-refractivity contribution in [1.29, 1.82) is 0 Å². The van der Waals surface area contributed by atoms with Crippen LogP contribution in [0.1, 0.15) is 22.3 Å². The Morgan fingerprint density at radius 2 is 0.416 bits per heavy atom. The van der Waals surface area contributed by atoms with E-state index in [0.29, 0.717) is 0 Å². The summed E-state index contributed by atoms with van der Waals surface area (Å²) < 4.78 is 13.3. The fraction of sp³-hybridized carbons (Fsp3) is 0.104. The standard InChI is InChI=1S/C67H8N6O4/c68-72-70-1-3-76-63(74)67(64(75)77-4-2-71-73-69)65-59-51-43-33-23-15-7-5-6-9-13-11(7)19-27-21(13)31-25-17(9)18-10(6)14-12-8(5)16(15)24-30-20(12)28-22(14)32-26(18)36-35(25)45-39(31)49-41(27)47(37(43)29(19)23)55(59)57(49)61-53(45)54-46(36)40(32)50-42(28)48-38(30)44(34(24)33)52(51)60(65)56(48)58(50)62(54)66(61,65)67/h1-4H2. The molecular weight excluding hydrogens is 953 g/mol. The third-order valence-corrected chi connectivity index (χ3v) is 26.0. The summed E-state index contributed by atoms with van der Waals surface area (Å²) in [5.41, 5.74) is 19.2. The summed E-state index contributed by atoms with van der Waals surface area (Å²) in [6.45, 7) is -0.494. The van der Waals surface area contributed by atoms with Crippen LogP contribution in [-0.4, -0.2) is 38.2 Å². The minimum atomic E-state index is -1.93. The minimum absolute atomic E-state index is 0.0682. The Morgan fingerprint density at radius 3 is 0.558 bits per heavy atom. The molecule has 0 bridgehead atoms. The molecule has 0 atom stereocenters. The van der Waals surface area contributed by atoms with E-state index in [-0.39, 0.29) is 26.3 Å². The van der Waals surface area contributed by atoms with Gasteiger partial charge < -0.3 is 9.47 Å². The van der Waals surface area contributed by atoms with E-state index in [9.17, 15) is 11.1 Å². The van der Waals surface area contributed by atoms with Crippen LogP contribution in [0, 0.1) is 5.41 Å². The molecule has 0 amide bonds. The lowest BCUT2D eigenvalue weighted by Crippen LogP contribution is -2.39. The Balaban J connectivity index is 1.07. The molecule has 10 heteroatoms. The second kappa shape index (κ2) is 7.12. The molecule has 28 aromatic rings. The van der Waals surface area contributed by atoms with Crippen LogP contribution in [0.4, 0.5) is 0 Å². The molecule has 330 valence electrons. The third kappa shape index (κ3) is 1.67. The second-order valence-corrected chi connectivity index (χ2v) is 26.2. The third-order valence-electron chi connectivity index (χ3n) is 26.0. The summed E-state index contributed by atoms with van der Waals surface area (Å²) in [4.78, 5) is 40.0. The van der Waals surface area contributed by atoms with Crippen LogP contribution in [0.3, 0.4) is 0 Å². The van der Waals surface area contributed by atoms with Crippen molar-refractivity contribution in [2.24, 2.45) is 15.6 Å². The summed E-state index contributed by atoms with van der Waals surface area (Å²) in [6.07, 6.45) is 0. The van der Waals surface area contributed by atoms with Gasteiger partial charge in [-0.25, -0.2) is 0 Å². The van der Waals surface area contributed by atoms with Gasteiger partial charge in [0.05, 0.1) is 37.1 Å². The van der Waals surface area contributed by atoms with Crippen molar-refractivity contribution >= 4 is 303 Å². The summed E-state index contributed by atoms with van der Waals surface area (Å²) in [5.74, 6) is -1.23. The molecule has 33 rings (SSSR count). The predicted molar refractivity (Wildman–Crippen MR) is 306 cm³/mol. The average molecular weight is 961 g/mol. The van der Waals surface area contributed by atoms with E-state index >= 15 is 9.59 Å². The molecule has 0 saturated heterocycles. The Morgan fingerprint density at radius 1 is 0.273 bits per heavy atom. The number of carbonyl (C=O) groups is 2. The molecule has 0 N–H and O–H groups in total. The van der Waals surface area contributed by atoms with E-state index in [1.54, 1.807) is 0 Å². The maximum atomic E-state index is 17.0. The monoisotopic (exact) mass is 960 g/mol. The van der Waals surface area contributed by atoms with Crippen LogP contribution in [0.2, 0.25) is 0 Å². The number of azide groups is 2. The largest absolute Gasteiger partial charge is 0.465 e. The zero-order valence-electron chi connectivity index (χ0n) is 38.6. The normalized spacial score (nSPS) is 22.8. The molecular formula is C67H8N6O4. The Hall–Kier alpha value is -9.98. The van der Waals surface area contributed by atoms with Crippen molar-refractivity contribution in [1.82, 2.24) is 0 Å². The SMILES string of the molecule is [N-]=[N+]=NCCOC(=O)C1(C(=O)OCCN=[N+]=[N-])C23c4c5c6c7c8c9c(c%10c%11c2c2c4c4c%12c5c5c6c6c8c8c%13c9c9c%10c%10c%11c%11c2c2c4c4c%12c%12c5c5c6c8c6c8c%13c9c9c%10c%10c%11c2c2c4c4c%12c5c6c5c8c9c%10c2c45)C713. The fourth-order valence-corrected chi connectivity index (χ4v) is 25.9. The van der Waals surface area contributed by atoms with Gasteiger partial charge in [0, 0.05) is 9.82 Å². The van der Waals surface area contributed by atoms with Crippen molar-refractivity contribution in [2.45, 2.75) is 10.8 Å². The maximum Gasteiger partial charge on any atom is 0.326 e. The highest BCUT2D eigenvalue weighted by atomic mass is 16.6. The zero-order valence-corrected chi connectivity index (χ0v) is 38.6. The van der Waals surface area contributed by atoms with E-state index in [2.05, 4.69) is 20.1 Å². The molecule has 2 spiro atoms. The number of nitrogens with zero attached hydrogens (tertiary/aromatic N) is 6. The molecule has 1 saturated carbocycles. The molecule has 5 aliphatic carbocycles. The van der Waals surface area contributed by atoms with Gasteiger partial charge in [-0.05, 0) is 324 Å². The van der Waals surface area contributed by atoms with Gasteiger partial charge in [0.1, 0.15) is 0 Å². The zero-order chi connectivity index (χ0) is 47.2. The summed E-state index contributed by atoms with van der Waals surface area (Å²) >= 11 is 0. The van der Waals surface area contributed by atoms with Gasteiger partial charge in [-0.1, -0.05) is 10.2 Å². The Kier molecular flexibility index (Phi) is 2.81. The molecule has 77 heavy (non-hydrogen) atoms. The van der Waals surface area contributed by atoms with E-state index < -0.39 is 28.2 Å². The molecule has 0 heterocycles. The van der Waals surface area contributed by atoms with Crippen molar-refractivity contribution in [3.63, 3.8) is 0 Å². The lowest BCUT2D eigenvalue weighted by Gasteiger charge is -2.32. The number of hydrogen-bond acceptors (Lipinski definition) is 6. The van der Waals surface area contributed by atoms with Gasteiger partial charge in [-0.15, -0.1) is 0 Å². The highest BCUT2D eigenvalue weighted by molar-refractivity contribution is 6.82. The molecule has 0 aliphatic heterocycles. The lowest BCUT2D eigenvalue weighted by molar-refractivity contribution is -0.166. The van der Waals surface area contributed by atoms with Crippen molar-refractivity contribution < 1.29 is 19.1 Å². The number of hydrogen-bond donors (Lipinski definition) is 0. The van der Waals surface area contributed by atoms with Crippen LogP contribution in [0.15, 0.2) is 10.2 Å². The maximum absolute atomic E-state index is 17.0. The average Bonchev–Trinajstić information content (AvgIpc) is 1.39. The van der Waals surface area contributed by atoms with E-state index in [1.165, 1.54) is 291 Å². The first-order valence-electron chi connectivity index (χ1n) is 27.3. The molecule has 10 nitrogen and oxygen atoms in total. The molecule has 5 aliphatic rings. The Bertz CT molecular complexity index is 7080. The van der Waals surface area contributed by atoms with E-state index in [0.717, 1.165) is 22.3 Å². The predicted octanol–water partition coefficient (Wildman–Crippen LogP) is 17.0. The molecule has 1 fully saturated rings.